The van der Waals surface area contributed by atoms with Crippen molar-refractivity contribution < 1.29 is 33.8 Å². The first-order valence-corrected chi connectivity index (χ1v) is 16.9. The topological polar surface area (TPSA) is 134 Å². The van der Waals surface area contributed by atoms with Crippen molar-refractivity contribution in [2.45, 2.75) is 76.5 Å². The summed E-state index contributed by atoms with van der Waals surface area (Å²) in [5.74, 6) is -1.93. The van der Waals surface area contributed by atoms with Crippen LogP contribution in [0.4, 0.5) is 4.79 Å². The number of hydrogen-bond acceptors (Lipinski definition) is 7. The van der Waals surface area contributed by atoms with Gasteiger partial charge >= 0.3 is 12.1 Å². The molecule has 10 heteroatoms. The molecule has 3 rings (SSSR count). The van der Waals surface area contributed by atoms with E-state index in [9.17, 15) is 24.3 Å². The molecule has 1 fully saturated rings. The van der Waals surface area contributed by atoms with Crippen molar-refractivity contribution in [2.75, 3.05) is 26.3 Å². The van der Waals surface area contributed by atoms with Crippen LogP contribution in [0.25, 0.3) is 0 Å². The smallest absolute Gasteiger partial charge is 0.407 e. The van der Waals surface area contributed by atoms with Gasteiger partial charge < -0.3 is 30.1 Å². The van der Waals surface area contributed by atoms with Crippen molar-refractivity contribution in [2.24, 2.45) is 11.8 Å². The molecule has 48 heavy (non-hydrogen) atoms. The molecule has 0 radical (unpaired) electrons. The number of alkyl carbamates (subject to hydrolysis) is 1. The highest BCUT2D eigenvalue weighted by Crippen LogP contribution is 2.21. The van der Waals surface area contributed by atoms with E-state index in [0.717, 1.165) is 24.0 Å². The number of amides is 3. The number of likely N-dealkylation sites (tertiary alicyclic amines) is 1. The molecule has 0 aromatic heterocycles. The number of unbranched alkanes of at least 4 members (excludes halogenated alkanes) is 1. The summed E-state index contributed by atoms with van der Waals surface area (Å²) in [6.07, 6.45) is 7.33. The van der Waals surface area contributed by atoms with Crippen molar-refractivity contribution in [3.05, 3.63) is 97.1 Å². The Bertz CT molecular complexity index is 1300. The molecule has 1 aliphatic heterocycles. The number of ether oxygens (including phenoxy) is 2. The van der Waals surface area contributed by atoms with Crippen LogP contribution in [0.1, 0.15) is 62.5 Å². The first-order valence-electron chi connectivity index (χ1n) is 16.9. The Hall–Kier alpha value is -4.44. The van der Waals surface area contributed by atoms with Crippen LogP contribution in [0.2, 0.25) is 0 Å². The van der Waals surface area contributed by atoms with Crippen LogP contribution in [0.3, 0.4) is 0 Å². The summed E-state index contributed by atoms with van der Waals surface area (Å²) in [5.41, 5.74) is 1.91. The van der Waals surface area contributed by atoms with Gasteiger partial charge in [-0.05, 0) is 62.5 Å². The number of rotatable bonds is 21. The lowest BCUT2D eigenvalue weighted by Gasteiger charge is -2.26. The van der Waals surface area contributed by atoms with Crippen molar-refractivity contribution in [1.82, 2.24) is 15.5 Å². The van der Waals surface area contributed by atoms with Crippen molar-refractivity contribution >= 4 is 23.9 Å². The van der Waals surface area contributed by atoms with E-state index in [4.69, 9.17) is 9.47 Å². The summed E-state index contributed by atoms with van der Waals surface area (Å²) in [7, 11) is 0. The van der Waals surface area contributed by atoms with Crippen molar-refractivity contribution in [3.8, 4) is 0 Å². The molecule has 1 aliphatic rings. The Labute approximate surface area is 284 Å². The van der Waals surface area contributed by atoms with Crippen LogP contribution in [0, 0.1) is 11.8 Å². The molecular weight excluding hydrogens is 610 g/mol. The zero-order valence-electron chi connectivity index (χ0n) is 27.9. The normalized spacial score (nSPS) is 15.9. The summed E-state index contributed by atoms with van der Waals surface area (Å²) in [6, 6.07) is 18.4. The van der Waals surface area contributed by atoms with Crippen LogP contribution in [0.15, 0.2) is 86.0 Å². The third-order valence-electron chi connectivity index (χ3n) is 8.50. The molecule has 260 valence electrons. The fourth-order valence-corrected chi connectivity index (χ4v) is 5.83. The number of nitrogens with one attached hydrogen (secondary N) is 2. The van der Waals surface area contributed by atoms with E-state index in [0.29, 0.717) is 51.6 Å². The highest BCUT2D eigenvalue weighted by molar-refractivity contribution is 5.86. The summed E-state index contributed by atoms with van der Waals surface area (Å²) >= 11 is 0. The number of carbonyl (C=O) groups is 4. The molecule has 1 saturated heterocycles. The summed E-state index contributed by atoms with van der Waals surface area (Å²) < 4.78 is 11.0. The average molecular weight is 662 g/mol. The zero-order chi connectivity index (χ0) is 34.6. The molecule has 4 atom stereocenters. The van der Waals surface area contributed by atoms with Gasteiger partial charge in [-0.1, -0.05) is 72.8 Å². The standard InChI is InChI=1S/C38H51N3O7/c1-3-14-31(25-35(43)41-23-13-21-34(41)26-42)36(44)40-33(20-11-12-22-39-38(46)48-27-30-18-9-6-10-19-30)28-47-37(45)32(15-4-2)24-29-16-7-5-8-17-29/h3-10,16-19,31-34,42H,1-2,11-15,20-28H2,(H,39,46)(H,40,44)/t31-,32-,33-,34-/m0/s1. The third kappa shape index (κ3) is 13.4. The van der Waals surface area contributed by atoms with Gasteiger partial charge in [-0.2, -0.15) is 0 Å². The number of benzene rings is 2. The molecule has 3 N–H and O–H groups in total. The first-order chi connectivity index (χ1) is 23.3. The van der Waals surface area contributed by atoms with Gasteiger partial charge in [0.2, 0.25) is 11.8 Å². The van der Waals surface area contributed by atoms with E-state index in [2.05, 4.69) is 23.8 Å². The van der Waals surface area contributed by atoms with E-state index in [1.807, 2.05) is 60.7 Å². The van der Waals surface area contributed by atoms with Gasteiger partial charge in [-0.25, -0.2) is 4.79 Å². The number of aliphatic hydroxyl groups excluding tert-OH is 1. The summed E-state index contributed by atoms with van der Waals surface area (Å²) in [4.78, 5) is 53.6. The lowest BCUT2D eigenvalue weighted by molar-refractivity contribution is -0.150. The zero-order valence-corrected chi connectivity index (χ0v) is 27.9. The minimum Gasteiger partial charge on any atom is -0.463 e. The van der Waals surface area contributed by atoms with E-state index in [-0.39, 0.29) is 50.1 Å². The molecule has 2 aromatic carbocycles. The molecule has 0 spiro atoms. The van der Waals surface area contributed by atoms with Gasteiger partial charge in [0.15, 0.2) is 0 Å². The molecule has 0 saturated carbocycles. The van der Waals surface area contributed by atoms with Crippen LogP contribution < -0.4 is 10.6 Å². The van der Waals surface area contributed by atoms with E-state index >= 15 is 0 Å². The van der Waals surface area contributed by atoms with E-state index in [1.54, 1.807) is 17.1 Å². The largest absolute Gasteiger partial charge is 0.463 e. The molecule has 0 unspecified atom stereocenters. The Morgan fingerprint density at radius 2 is 1.58 bits per heavy atom. The number of carbonyl (C=O) groups excluding carboxylic acids is 4. The number of aliphatic hydroxyl groups is 1. The fourth-order valence-electron chi connectivity index (χ4n) is 5.83. The second kappa shape index (κ2) is 21.4. The molecular formula is C38H51N3O7. The van der Waals surface area contributed by atoms with Gasteiger partial charge in [0.25, 0.3) is 0 Å². The average Bonchev–Trinajstić information content (AvgIpc) is 3.59. The number of esters is 1. The van der Waals surface area contributed by atoms with Gasteiger partial charge in [0.05, 0.1) is 30.5 Å². The number of allylic oxidation sites excluding steroid dienone is 2. The van der Waals surface area contributed by atoms with Crippen molar-refractivity contribution in [1.29, 1.82) is 0 Å². The molecule has 1 heterocycles. The lowest BCUT2D eigenvalue weighted by atomic mass is 9.96. The first kappa shape index (κ1) is 38.0. The van der Waals surface area contributed by atoms with E-state index in [1.165, 1.54) is 0 Å². The van der Waals surface area contributed by atoms with Crippen LogP contribution in [-0.4, -0.2) is 72.3 Å². The third-order valence-corrected chi connectivity index (χ3v) is 8.50. The molecule has 3 amide bonds. The summed E-state index contributed by atoms with van der Waals surface area (Å²) in [6.45, 7) is 8.55. The highest BCUT2D eigenvalue weighted by Gasteiger charge is 2.32. The molecule has 0 bridgehead atoms. The predicted molar refractivity (Wildman–Crippen MR) is 185 cm³/mol. The maximum absolute atomic E-state index is 13.5. The highest BCUT2D eigenvalue weighted by atomic mass is 16.5. The van der Waals surface area contributed by atoms with Gasteiger partial charge in [-0.3, -0.25) is 14.4 Å². The number of hydrogen-bond donors (Lipinski definition) is 3. The molecule has 0 aliphatic carbocycles. The van der Waals surface area contributed by atoms with E-state index < -0.39 is 24.0 Å². The number of nitrogens with zero attached hydrogens (tertiary/aromatic N) is 1. The Kier molecular flexibility index (Phi) is 17.0. The van der Waals surface area contributed by atoms with Crippen molar-refractivity contribution in [3.63, 3.8) is 0 Å². The SMILES string of the molecule is C=CC[C@@H](CC(=O)N1CCC[C@H]1CO)C(=O)N[C@@H](CCCCNC(=O)OCc1ccccc1)COC(=O)[C@@H](CC=C)Cc1ccccc1. The van der Waals surface area contributed by atoms with Gasteiger partial charge in [0.1, 0.15) is 13.2 Å². The Balaban J connectivity index is 1.58. The minimum atomic E-state index is -0.652. The van der Waals surface area contributed by atoms with Gasteiger partial charge in [-0.15, -0.1) is 13.2 Å². The quantitative estimate of drug-likeness (QED) is 0.0962. The minimum absolute atomic E-state index is 0.00560. The monoisotopic (exact) mass is 661 g/mol. The van der Waals surface area contributed by atoms with Crippen LogP contribution >= 0.6 is 0 Å². The fraction of sp³-hybridized carbons (Fsp3) is 0.474. The Morgan fingerprint density at radius 1 is 0.917 bits per heavy atom. The molecule has 2 aromatic rings. The Morgan fingerprint density at radius 3 is 2.25 bits per heavy atom. The maximum Gasteiger partial charge on any atom is 0.407 e. The maximum atomic E-state index is 13.5. The predicted octanol–water partition coefficient (Wildman–Crippen LogP) is 5.11. The van der Waals surface area contributed by atoms with Crippen LogP contribution in [0.5, 0.6) is 0 Å². The van der Waals surface area contributed by atoms with Crippen LogP contribution in [-0.2, 0) is 36.9 Å². The van der Waals surface area contributed by atoms with Gasteiger partial charge in [0, 0.05) is 19.5 Å². The second-order valence-corrected chi connectivity index (χ2v) is 12.2. The molecule has 10 nitrogen and oxygen atoms in total. The lowest BCUT2D eigenvalue weighted by Crippen LogP contribution is -2.44. The second-order valence-electron chi connectivity index (χ2n) is 12.2. The summed E-state index contributed by atoms with van der Waals surface area (Å²) in [5, 5.41) is 15.4.